The van der Waals surface area contributed by atoms with Gasteiger partial charge in [-0.05, 0) is 57.4 Å². The monoisotopic (exact) mass is 655 g/mol. The van der Waals surface area contributed by atoms with E-state index < -0.39 is 91.2 Å². The maximum Gasteiger partial charge on any atom is 0.322 e. The first-order valence-electron chi connectivity index (χ1n) is 15.4. The van der Waals surface area contributed by atoms with E-state index in [4.69, 9.17) is 5.11 Å². The molecule has 0 bridgehead atoms. The molecule has 1 aliphatic rings. The van der Waals surface area contributed by atoms with E-state index in [-0.39, 0.29) is 37.0 Å². The third-order valence-electron chi connectivity index (χ3n) is 6.95. The fourth-order valence-electron chi connectivity index (χ4n) is 4.60. The molecule has 5 atom stereocenters. The van der Waals surface area contributed by atoms with Gasteiger partial charge in [-0.2, -0.15) is 0 Å². The summed E-state index contributed by atoms with van der Waals surface area (Å²) in [6.45, 7) is 8.17. The van der Waals surface area contributed by atoms with Gasteiger partial charge in [0.2, 0.25) is 35.4 Å². The number of amides is 6. The van der Waals surface area contributed by atoms with Crippen molar-refractivity contribution in [2.24, 2.45) is 11.8 Å². The van der Waals surface area contributed by atoms with E-state index in [1.54, 1.807) is 13.8 Å². The van der Waals surface area contributed by atoms with E-state index in [1.807, 2.05) is 13.8 Å². The summed E-state index contributed by atoms with van der Waals surface area (Å²) < 4.78 is 0. The molecule has 0 spiro atoms. The number of hydrogen-bond acceptors (Lipinski definition) is 9. The molecule has 1 aliphatic heterocycles. The molecule has 0 radical (unpaired) electrons. The number of hydrogen-bond donors (Lipinski definition) is 9. The minimum absolute atomic E-state index is 0.0717. The number of rotatable bonds is 20. The van der Waals surface area contributed by atoms with Crippen molar-refractivity contribution in [1.82, 2.24) is 37.2 Å². The smallest absolute Gasteiger partial charge is 0.322 e. The molecule has 1 saturated heterocycles. The molecule has 17 nitrogen and oxygen atoms in total. The highest BCUT2D eigenvalue weighted by Gasteiger charge is 2.32. The summed E-state index contributed by atoms with van der Waals surface area (Å²) in [6, 6.07) is -5.11. The van der Waals surface area contributed by atoms with E-state index in [0.29, 0.717) is 13.0 Å². The Labute approximate surface area is 268 Å². The molecule has 0 unspecified atom stereocenters. The van der Waals surface area contributed by atoms with Crippen LogP contribution in [0.5, 0.6) is 0 Å². The number of carboxylic acids is 2. The van der Waals surface area contributed by atoms with E-state index in [2.05, 4.69) is 37.2 Å². The second-order valence-corrected chi connectivity index (χ2v) is 12.1. The van der Waals surface area contributed by atoms with Gasteiger partial charge in [-0.3, -0.25) is 38.4 Å². The molecule has 0 aliphatic carbocycles. The second kappa shape index (κ2) is 20.0. The molecule has 1 heterocycles. The van der Waals surface area contributed by atoms with Crippen molar-refractivity contribution in [2.45, 2.75) is 103 Å². The van der Waals surface area contributed by atoms with E-state index in [1.165, 1.54) is 6.92 Å². The van der Waals surface area contributed by atoms with Crippen LogP contribution in [0.25, 0.3) is 0 Å². The number of carboxylic acid groups (broad SMARTS) is 2. The van der Waals surface area contributed by atoms with Crippen molar-refractivity contribution in [3.05, 3.63) is 0 Å². The molecule has 46 heavy (non-hydrogen) atoms. The molecular formula is C29H49N7O10. The van der Waals surface area contributed by atoms with E-state index >= 15 is 0 Å². The van der Waals surface area contributed by atoms with Gasteiger partial charge in [0, 0.05) is 6.42 Å². The van der Waals surface area contributed by atoms with Crippen LogP contribution >= 0.6 is 0 Å². The Hall–Kier alpha value is -4.28. The molecular weight excluding hydrogens is 606 g/mol. The van der Waals surface area contributed by atoms with Gasteiger partial charge in [0.25, 0.3) is 0 Å². The van der Waals surface area contributed by atoms with Gasteiger partial charge in [0.05, 0.1) is 12.6 Å². The molecule has 0 saturated carbocycles. The van der Waals surface area contributed by atoms with Crippen LogP contribution in [0.4, 0.5) is 0 Å². The largest absolute Gasteiger partial charge is 0.481 e. The third kappa shape index (κ3) is 15.6. The van der Waals surface area contributed by atoms with Gasteiger partial charge in [-0.15, -0.1) is 0 Å². The molecule has 1 rings (SSSR count). The van der Waals surface area contributed by atoms with E-state index in [0.717, 1.165) is 6.42 Å². The van der Waals surface area contributed by atoms with Crippen molar-refractivity contribution in [1.29, 1.82) is 0 Å². The molecule has 0 aromatic rings. The molecule has 0 aromatic carbocycles. The minimum atomic E-state index is -1.35. The number of nitrogens with one attached hydrogen (secondary N) is 7. The van der Waals surface area contributed by atoms with Crippen molar-refractivity contribution in [3.8, 4) is 0 Å². The first-order valence-corrected chi connectivity index (χ1v) is 15.4. The summed E-state index contributed by atoms with van der Waals surface area (Å²) >= 11 is 0. The summed E-state index contributed by atoms with van der Waals surface area (Å²) in [7, 11) is 0. The van der Waals surface area contributed by atoms with Crippen molar-refractivity contribution >= 4 is 47.4 Å². The van der Waals surface area contributed by atoms with Crippen LogP contribution in [0.15, 0.2) is 0 Å². The molecule has 6 amide bonds. The van der Waals surface area contributed by atoms with Crippen LogP contribution in [0.3, 0.4) is 0 Å². The highest BCUT2D eigenvalue weighted by molar-refractivity contribution is 5.96. The Kier molecular flexibility index (Phi) is 17.3. The number of carbonyl (C=O) groups excluding carboxylic acids is 6. The number of carbonyl (C=O) groups is 8. The minimum Gasteiger partial charge on any atom is -0.481 e. The summed E-state index contributed by atoms with van der Waals surface area (Å²) in [6.07, 6.45) is 0.972. The maximum absolute atomic E-state index is 13.4. The van der Waals surface area contributed by atoms with Crippen LogP contribution in [0.1, 0.15) is 73.1 Å². The molecule has 17 heteroatoms. The predicted octanol–water partition coefficient (Wildman–Crippen LogP) is -2.03. The van der Waals surface area contributed by atoms with Crippen LogP contribution in [0, 0.1) is 11.8 Å². The van der Waals surface area contributed by atoms with Crippen molar-refractivity contribution < 1.29 is 48.6 Å². The first-order chi connectivity index (χ1) is 21.5. The fourth-order valence-corrected chi connectivity index (χ4v) is 4.60. The summed E-state index contributed by atoms with van der Waals surface area (Å²) in [4.78, 5) is 98.8. The van der Waals surface area contributed by atoms with Gasteiger partial charge < -0.3 is 47.4 Å². The van der Waals surface area contributed by atoms with Gasteiger partial charge in [-0.1, -0.05) is 27.7 Å². The van der Waals surface area contributed by atoms with Gasteiger partial charge in [-0.25, -0.2) is 0 Å². The Morgan fingerprint density at radius 1 is 0.674 bits per heavy atom. The highest BCUT2D eigenvalue weighted by atomic mass is 16.4. The zero-order valence-electron chi connectivity index (χ0n) is 27.1. The fraction of sp³-hybridized carbons (Fsp3) is 0.724. The average molecular weight is 656 g/mol. The Morgan fingerprint density at radius 3 is 1.72 bits per heavy atom. The number of aliphatic carboxylic acids is 2. The maximum atomic E-state index is 13.4. The predicted molar refractivity (Wildman–Crippen MR) is 164 cm³/mol. The van der Waals surface area contributed by atoms with Crippen LogP contribution < -0.4 is 37.2 Å². The lowest BCUT2D eigenvalue weighted by molar-refractivity contribution is -0.138. The van der Waals surface area contributed by atoms with Gasteiger partial charge in [0.1, 0.15) is 30.7 Å². The zero-order chi connectivity index (χ0) is 35.0. The SMILES string of the molecule is CC(C)C[C@H](NC(=O)[C@H](CC(C)C)NC(=O)[C@H](CCC(=O)O)NC(=O)[C@H](C)NC(=O)[C@@H]1CCCN1)C(=O)NCC(=O)NCC(=O)O. The van der Waals surface area contributed by atoms with Crippen LogP contribution in [-0.2, 0) is 38.4 Å². The van der Waals surface area contributed by atoms with Gasteiger partial charge in [0.15, 0.2) is 0 Å². The van der Waals surface area contributed by atoms with Gasteiger partial charge >= 0.3 is 11.9 Å². The summed E-state index contributed by atoms with van der Waals surface area (Å²) in [5, 5.41) is 35.6. The average Bonchev–Trinajstić information content (AvgIpc) is 3.50. The van der Waals surface area contributed by atoms with Crippen LogP contribution in [-0.4, -0.2) is 107 Å². The quantitative estimate of drug-likeness (QED) is 0.0691. The lowest BCUT2D eigenvalue weighted by atomic mass is 9.99. The Morgan fingerprint density at radius 2 is 1.22 bits per heavy atom. The molecule has 260 valence electrons. The van der Waals surface area contributed by atoms with Crippen molar-refractivity contribution in [2.75, 3.05) is 19.6 Å². The molecule has 0 aromatic heterocycles. The lowest BCUT2D eigenvalue weighted by Crippen LogP contribution is -2.59. The summed E-state index contributed by atoms with van der Waals surface area (Å²) in [5.74, 6) is -6.73. The first kappa shape index (κ1) is 39.7. The standard InChI is InChI=1S/C29H49N7O10/c1-15(2)11-20(26(43)32-13-22(37)31-14-24(40)41)35-29(46)21(12-16(3)4)36-28(45)19(8-9-23(38)39)34-25(42)17(5)33-27(44)18-7-6-10-30-18/h15-21,30H,6-14H2,1-5H3,(H,31,37)(H,32,43)(H,33,44)(H,34,42)(H,35,46)(H,36,45)(H,38,39)(H,40,41)/t17-,18-,19-,20-,21-/m0/s1. The third-order valence-corrected chi connectivity index (χ3v) is 6.95. The second-order valence-electron chi connectivity index (χ2n) is 12.1. The lowest BCUT2D eigenvalue weighted by Gasteiger charge is -2.27. The highest BCUT2D eigenvalue weighted by Crippen LogP contribution is 2.11. The Balaban J connectivity index is 3.01. The topological polar surface area (TPSA) is 261 Å². The summed E-state index contributed by atoms with van der Waals surface area (Å²) in [5.41, 5.74) is 0. The van der Waals surface area contributed by atoms with Crippen LogP contribution in [0.2, 0.25) is 0 Å². The zero-order valence-corrected chi connectivity index (χ0v) is 27.1. The van der Waals surface area contributed by atoms with Crippen molar-refractivity contribution in [3.63, 3.8) is 0 Å². The normalized spacial score (nSPS) is 16.8. The molecule has 9 N–H and O–H groups in total. The molecule has 1 fully saturated rings. The van der Waals surface area contributed by atoms with E-state index in [9.17, 15) is 43.5 Å². The Bertz CT molecular complexity index is 1110.